The van der Waals surface area contributed by atoms with Gasteiger partial charge in [-0.05, 0) is 31.0 Å². The van der Waals surface area contributed by atoms with E-state index < -0.39 is 5.82 Å². The average molecular weight is 287 g/mol. The number of aromatic nitrogens is 1. The maximum atomic E-state index is 13.8. The van der Waals surface area contributed by atoms with Crippen molar-refractivity contribution in [2.24, 2.45) is 5.73 Å². The van der Waals surface area contributed by atoms with Gasteiger partial charge in [0.15, 0.2) is 0 Å². The lowest BCUT2D eigenvalue weighted by molar-refractivity contribution is 0.581. The van der Waals surface area contributed by atoms with E-state index >= 15 is 0 Å². The number of aromatic amines is 1. The molecule has 110 valence electrons. The van der Waals surface area contributed by atoms with Gasteiger partial charge in [0.05, 0.1) is 18.0 Å². The topological polar surface area (TPSA) is 74.3 Å². The van der Waals surface area contributed by atoms with Crippen LogP contribution in [0.5, 0.6) is 0 Å². The molecule has 1 aliphatic carbocycles. The number of rotatable bonds is 2. The van der Waals surface area contributed by atoms with Gasteiger partial charge in [-0.1, -0.05) is 0 Å². The Labute approximate surface area is 122 Å². The van der Waals surface area contributed by atoms with Crippen LogP contribution in [0.4, 0.5) is 21.5 Å². The lowest BCUT2D eigenvalue weighted by atomic mass is 10.1. The second kappa shape index (κ2) is 4.39. The Morgan fingerprint density at radius 3 is 2.71 bits per heavy atom. The normalized spacial score (nSPS) is 21.5. The van der Waals surface area contributed by atoms with E-state index in [1.165, 1.54) is 18.9 Å². The predicted octanol–water partition coefficient (Wildman–Crippen LogP) is 2.14. The first kappa shape index (κ1) is 12.5. The van der Waals surface area contributed by atoms with Gasteiger partial charge in [0.25, 0.3) is 0 Å². The van der Waals surface area contributed by atoms with Crippen LogP contribution in [-0.2, 0) is 0 Å². The Balaban J connectivity index is 1.74. The molecule has 2 aromatic rings. The molecule has 1 aliphatic heterocycles. The van der Waals surface area contributed by atoms with Crippen molar-refractivity contribution in [1.82, 2.24) is 4.98 Å². The molecule has 1 unspecified atom stereocenters. The van der Waals surface area contributed by atoms with Crippen LogP contribution in [0.2, 0.25) is 0 Å². The average Bonchev–Trinajstić information content (AvgIpc) is 3.19. The third-order valence-electron chi connectivity index (χ3n) is 4.33. The van der Waals surface area contributed by atoms with E-state index in [0.717, 1.165) is 16.9 Å². The van der Waals surface area contributed by atoms with Crippen LogP contribution < -0.4 is 21.3 Å². The first-order chi connectivity index (χ1) is 10.1. The second-order valence-corrected chi connectivity index (χ2v) is 5.76. The second-order valence-electron chi connectivity index (χ2n) is 5.76. The number of anilines is 3. The van der Waals surface area contributed by atoms with Crippen molar-refractivity contribution < 1.29 is 4.39 Å². The Hall–Kier alpha value is -2.21. The van der Waals surface area contributed by atoms with E-state index in [-0.39, 0.29) is 11.9 Å². The van der Waals surface area contributed by atoms with Crippen LogP contribution in [0.1, 0.15) is 24.6 Å². The summed E-state index contributed by atoms with van der Waals surface area (Å²) in [5.41, 5.74) is 15.0. The minimum Gasteiger partial charge on any atom is -0.396 e. The highest BCUT2D eigenvalue weighted by atomic mass is 19.1. The maximum Gasteiger partial charge on any atom is 0.148 e. The molecule has 0 radical (unpaired) electrons. The fourth-order valence-electron chi connectivity index (χ4n) is 2.98. The Morgan fingerprint density at radius 1 is 1.19 bits per heavy atom. The zero-order valence-electron chi connectivity index (χ0n) is 11.6. The maximum absolute atomic E-state index is 13.8. The summed E-state index contributed by atoms with van der Waals surface area (Å²) in [6.07, 6.45) is 6.03. The summed E-state index contributed by atoms with van der Waals surface area (Å²) in [5, 5.41) is 0. The molecular weight excluding hydrogens is 269 g/mol. The van der Waals surface area contributed by atoms with Crippen molar-refractivity contribution in [2.45, 2.75) is 25.0 Å². The van der Waals surface area contributed by atoms with Crippen molar-refractivity contribution in [3.8, 4) is 0 Å². The summed E-state index contributed by atoms with van der Waals surface area (Å²) in [7, 11) is 0. The molecule has 0 spiro atoms. The molecule has 1 atom stereocenters. The summed E-state index contributed by atoms with van der Waals surface area (Å²) in [5.74, 6) is -0.405. The van der Waals surface area contributed by atoms with Crippen molar-refractivity contribution in [3.63, 3.8) is 0 Å². The highest BCUT2D eigenvalue weighted by Crippen LogP contribution is 2.41. The molecule has 0 amide bonds. The number of nitrogens with one attached hydrogen (secondary N) is 1. The molecule has 1 aromatic heterocycles. The van der Waals surface area contributed by atoms with E-state index in [2.05, 4.69) is 9.88 Å². The van der Waals surface area contributed by atoms with Gasteiger partial charge in [0.2, 0.25) is 0 Å². The van der Waals surface area contributed by atoms with Crippen molar-refractivity contribution in [3.05, 3.63) is 42.0 Å². The SMILES string of the molecule is Nc1ccc(N2CN(C3CC3)c3c[nH]cc3C2N)cc1F. The molecule has 1 saturated carbocycles. The van der Waals surface area contributed by atoms with Crippen LogP contribution in [-0.4, -0.2) is 17.7 Å². The first-order valence-electron chi connectivity index (χ1n) is 7.15. The number of benzene rings is 1. The van der Waals surface area contributed by atoms with Crippen LogP contribution in [0.15, 0.2) is 30.6 Å². The highest BCUT2D eigenvalue weighted by Gasteiger charge is 2.37. The van der Waals surface area contributed by atoms with Crippen molar-refractivity contribution in [1.29, 1.82) is 0 Å². The third-order valence-corrected chi connectivity index (χ3v) is 4.33. The zero-order chi connectivity index (χ0) is 14.6. The van der Waals surface area contributed by atoms with Gasteiger partial charge in [-0.25, -0.2) is 4.39 Å². The zero-order valence-corrected chi connectivity index (χ0v) is 11.6. The van der Waals surface area contributed by atoms with Crippen LogP contribution in [0.3, 0.4) is 0 Å². The van der Waals surface area contributed by atoms with Gasteiger partial charge in [-0.3, -0.25) is 0 Å². The summed E-state index contributed by atoms with van der Waals surface area (Å²) in [6, 6.07) is 5.43. The van der Waals surface area contributed by atoms with Crippen LogP contribution >= 0.6 is 0 Å². The largest absolute Gasteiger partial charge is 0.396 e. The molecule has 1 fully saturated rings. The Morgan fingerprint density at radius 2 is 2.00 bits per heavy atom. The highest BCUT2D eigenvalue weighted by molar-refractivity contribution is 5.64. The number of hydrogen-bond donors (Lipinski definition) is 3. The van der Waals surface area contributed by atoms with Crippen molar-refractivity contribution >= 4 is 17.1 Å². The van der Waals surface area contributed by atoms with E-state index in [0.29, 0.717) is 12.7 Å². The smallest absolute Gasteiger partial charge is 0.148 e. The number of nitrogens with two attached hydrogens (primary N) is 2. The van der Waals surface area contributed by atoms with Crippen LogP contribution in [0, 0.1) is 5.82 Å². The van der Waals surface area contributed by atoms with E-state index in [1.54, 1.807) is 6.07 Å². The van der Waals surface area contributed by atoms with Gasteiger partial charge < -0.3 is 26.3 Å². The quantitative estimate of drug-likeness (QED) is 0.740. The number of nitrogens with zero attached hydrogens (tertiary/aromatic N) is 2. The number of hydrogen-bond acceptors (Lipinski definition) is 4. The molecule has 2 heterocycles. The number of nitrogen functional groups attached to an aromatic ring is 1. The first-order valence-corrected chi connectivity index (χ1v) is 7.15. The minimum absolute atomic E-state index is 0.158. The molecule has 5 nitrogen and oxygen atoms in total. The third kappa shape index (κ3) is 1.94. The molecule has 21 heavy (non-hydrogen) atoms. The van der Waals surface area contributed by atoms with Crippen molar-refractivity contribution in [2.75, 3.05) is 22.2 Å². The molecule has 0 bridgehead atoms. The van der Waals surface area contributed by atoms with Gasteiger partial charge in [0, 0.05) is 29.7 Å². The molecule has 1 aromatic carbocycles. The molecule has 6 heteroatoms. The molecule has 0 saturated heterocycles. The van der Waals surface area contributed by atoms with Gasteiger partial charge in [0.1, 0.15) is 12.0 Å². The Bertz CT molecular complexity index is 678. The number of fused-ring (bicyclic) bond motifs is 1. The van der Waals surface area contributed by atoms with E-state index in [9.17, 15) is 4.39 Å². The van der Waals surface area contributed by atoms with Gasteiger partial charge in [-0.2, -0.15) is 0 Å². The van der Waals surface area contributed by atoms with Gasteiger partial charge >= 0.3 is 0 Å². The molecular formula is C15H18FN5. The van der Waals surface area contributed by atoms with Crippen LogP contribution in [0.25, 0.3) is 0 Å². The van der Waals surface area contributed by atoms with E-state index in [4.69, 9.17) is 11.5 Å². The fourth-order valence-corrected chi connectivity index (χ4v) is 2.98. The summed E-state index contributed by atoms with van der Waals surface area (Å²) >= 11 is 0. The number of H-pyrrole nitrogens is 1. The lowest BCUT2D eigenvalue weighted by Crippen LogP contribution is -2.48. The minimum atomic E-state index is -0.405. The Kier molecular flexibility index (Phi) is 2.62. The molecule has 5 N–H and O–H groups in total. The monoisotopic (exact) mass is 287 g/mol. The fraction of sp³-hybridized carbons (Fsp3) is 0.333. The standard InChI is InChI=1S/C15H18FN5/c16-12-5-10(3-4-13(12)17)21-8-20(9-1-2-9)14-7-19-6-11(14)15(21)18/h3-7,9,15,19H,1-2,8,17-18H2. The number of halogens is 1. The predicted molar refractivity (Wildman–Crippen MR) is 81.4 cm³/mol. The lowest BCUT2D eigenvalue weighted by Gasteiger charge is -2.42. The van der Waals surface area contributed by atoms with Gasteiger partial charge in [-0.15, -0.1) is 0 Å². The summed E-state index contributed by atoms with van der Waals surface area (Å²) in [4.78, 5) is 7.48. The summed E-state index contributed by atoms with van der Waals surface area (Å²) in [6.45, 7) is 0.667. The molecule has 4 rings (SSSR count). The summed E-state index contributed by atoms with van der Waals surface area (Å²) < 4.78 is 13.8. The van der Waals surface area contributed by atoms with E-state index in [1.807, 2.05) is 23.4 Å². The molecule has 2 aliphatic rings.